The Morgan fingerprint density at radius 1 is 1.04 bits per heavy atom. The van der Waals surface area contributed by atoms with Gasteiger partial charge in [0.1, 0.15) is 5.75 Å². The maximum absolute atomic E-state index is 12.0. The van der Waals surface area contributed by atoms with Gasteiger partial charge in [-0.15, -0.1) is 0 Å². The Hall–Kier alpha value is -2.82. The van der Waals surface area contributed by atoms with Crippen LogP contribution in [0.15, 0.2) is 42.5 Å². The average molecular weight is 341 g/mol. The highest BCUT2D eigenvalue weighted by molar-refractivity contribution is 5.96. The number of esters is 1. The van der Waals surface area contributed by atoms with Gasteiger partial charge in [-0.3, -0.25) is 4.79 Å². The van der Waals surface area contributed by atoms with Crippen molar-refractivity contribution in [2.45, 2.75) is 33.8 Å². The Labute approximate surface area is 148 Å². The third-order valence-corrected chi connectivity index (χ3v) is 3.67. The van der Waals surface area contributed by atoms with Crippen LogP contribution in [0.5, 0.6) is 5.75 Å². The zero-order valence-electron chi connectivity index (χ0n) is 15.0. The van der Waals surface area contributed by atoms with E-state index >= 15 is 0 Å². The number of nitrogens with one attached hydrogen (secondary N) is 1. The highest BCUT2D eigenvalue weighted by atomic mass is 16.5. The first kappa shape index (κ1) is 18.5. The summed E-state index contributed by atoms with van der Waals surface area (Å²) in [5, 5.41) is 2.75. The number of benzene rings is 2. The Balaban J connectivity index is 1.88. The minimum absolute atomic E-state index is 0.0616. The molecule has 0 aromatic heterocycles. The summed E-state index contributed by atoms with van der Waals surface area (Å²) in [6.07, 6.45) is 0.0616. The van der Waals surface area contributed by atoms with Crippen LogP contribution < -0.4 is 10.1 Å². The predicted octanol–water partition coefficient (Wildman–Crippen LogP) is 3.89. The van der Waals surface area contributed by atoms with Crippen molar-refractivity contribution in [3.8, 4) is 5.75 Å². The minimum Gasteiger partial charge on any atom is -0.491 e. The lowest BCUT2D eigenvalue weighted by Gasteiger charge is -2.11. The van der Waals surface area contributed by atoms with E-state index in [1.54, 1.807) is 24.3 Å². The third kappa shape index (κ3) is 5.35. The normalized spacial score (nSPS) is 10.4. The number of rotatable bonds is 6. The van der Waals surface area contributed by atoms with Crippen LogP contribution in [0.4, 0.5) is 5.69 Å². The van der Waals surface area contributed by atoms with Gasteiger partial charge in [0.15, 0.2) is 6.61 Å². The molecular formula is C20H23NO4. The highest BCUT2D eigenvalue weighted by Gasteiger charge is 2.12. The third-order valence-electron chi connectivity index (χ3n) is 3.67. The van der Waals surface area contributed by atoms with Gasteiger partial charge in [-0.25, -0.2) is 4.79 Å². The zero-order chi connectivity index (χ0) is 18.4. The van der Waals surface area contributed by atoms with Gasteiger partial charge in [-0.2, -0.15) is 0 Å². The number of hydrogen-bond donors (Lipinski definition) is 1. The fourth-order valence-corrected chi connectivity index (χ4v) is 2.23. The number of anilines is 1. The van der Waals surface area contributed by atoms with E-state index in [0.29, 0.717) is 11.3 Å². The van der Waals surface area contributed by atoms with Crippen molar-refractivity contribution in [2.24, 2.45) is 0 Å². The zero-order valence-corrected chi connectivity index (χ0v) is 15.0. The molecule has 132 valence electrons. The topological polar surface area (TPSA) is 64.6 Å². The lowest BCUT2D eigenvalue weighted by atomic mass is 10.1. The first-order chi connectivity index (χ1) is 11.9. The van der Waals surface area contributed by atoms with Crippen LogP contribution in [0.3, 0.4) is 0 Å². The van der Waals surface area contributed by atoms with Gasteiger partial charge in [0.25, 0.3) is 5.91 Å². The maximum atomic E-state index is 12.0. The van der Waals surface area contributed by atoms with Crippen LogP contribution >= 0.6 is 0 Å². The standard InChI is InChI=1S/C20H23NO4/c1-13(2)25-17-10-8-16(9-11-17)20(23)24-12-19(22)21-18-7-5-6-14(3)15(18)4/h5-11,13H,12H2,1-4H3,(H,21,22). The molecule has 2 aromatic rings. The van der Waals surface area contributed by atoms with Crippen molar-refractivity contribution in [1.29, 1.82) is 0 Å². The van der Waals surface area contributed by atoms with Crippen LogP contribution in [0.25, 0.3) is 0 Å². The Bertz CT molecular complexity index is 751. The summed E-state index contributed by atoms with van der Waals surface area (Å²) < 4.78 is 10.6. The fourth-order valence-electron chi connectivity index (χ4n) is 2.23. The Morgan fingerprint density at radius 2 is 1.72 bits per heavy atom. The summed E-state index contributed by atoms with van der Waals surface area (Å²) in [4.78, 5) is 24.0. The summed E-state index contributed by atoms with van der Waals surface area (Å²) in [6, 6.07) is 12.3. The minimum atomic E-state index is -0.549. The van der Waals surface area contributed by atoms with Gasteiger partial charge in [0, 0.05) is 5.69 Å². The number of hydrogen-bond acceptors (Lipinski definition) is 4. The smallest absolute Gasteiger partial charge is 0.338 e. The molecule has 0 heterocycles. The maximum Gasteiger partial charge on any atom is 0.338 e. The Kier molecular flexibility index (Phi) is 6.17. The van der Waals surface area contributed by atoms with E-state index in [-0.39, 0.29) is 18.6 Å². The van der Waals surface area contributed by atoms with E-state index in [1.807, 2.05) is 45.9 Å². The molecule has 2 rings (SSSR count). The van der Waals surface area contributed by atoms with Crippen molar-refractivity contribution in [3.63, 3.8) is 0 Å². The number of ether oxygens (including phenoxy) is 2. The van der Waals surface area contributed by atoms with Crippen LogP contribution in [0.2, 0.25) is 0 Å². The van der Waals surface area contributed by atoms with Crippen molar-refractivity contribution in [2.75, 3.05) is 11.9 Å². The van der Waals surface area contributed by atoms with Crippen molar-refractivity contribution < 1.29 is 19.1 Å². The molecule has 0 spiro atoms. The van der Waals surface area contributed by atoms with Gasteiger partial charge in [-0.1, -0.05) is 12.1 Å². The SMILES string of the molecule is Cc1cccc(NC(=O)COC(=O)c2ccc(OC(C)C)cc2)c1C. The second-order valence-electron chi connectivity index (χ2n) is 6.06. The molecule has 0 radical (unpaired) electrons. The van der Waals surface area contributed by atoms with E-state index in [9.17, 15) is 9.59 Å². The monoisotopic (exact) mass is 341 g/mol. The van der Waals surface area contributed by atoms with Gasteiger partial charge < -0.3 is 14.8 Å². The molecular weight excluding hydrogens is 318 g/mol. The highest BCUT2D eigenvalue weighted by Crippen LogP contribution is 2.18. The summed E-state index contributed by atoms with van der Waals surface area (Å²) in [6.45, 7) is 7.42. The second kappa shape index (κ2) is 8.33. The molecule has 5 nitrogen and oxygen atoms in total. The quantitative estimate of drug-likeness (QED) is 0.810. The second-order valence-corrected chi connectivity index (χ2v) is 6.06. The summed E-state index contributed by atoms with van der Waals surface area (Å²) in [5.41, 5.74) is 3.16. The van der Waals surface area contributed by atoms with Gasteiger partial charge in [0.2, 0.25) is 0 Å². The molecule has 1 N–H and O–H groups in total. The summed E-state index contributed by atoms with van der Waals surface area (Å²) >= 11 is 0. The number of carbonyl (C=O) groups excluding carboxylic acids is 2. The molecule has 0 saturated heterocycles. The van der Waals surface area contributed by atoms with Crippen molar-refractivity contribution >= 4 is 17.6 Å². The van der Waals surface area contributed by atoms with Gasteiger partial charge in [0.05, 0.1) is 11.7 Å². The molecule has 0 aliphatic heterocycles. The first-order valence-corrected chi connectivity index (χ1v) is 8.16. The largest absolute Gasteiger partial charge is 0.491 e. The molecule has 1 amide bonds. The molecule has 5 heteroatoms. The van der Waals surface area contributed by atoms with E-state index in [2.05, 4.69) is 5.32 Å². The number of aryl methyl sites for hydroxylation is 1. The van der Waals surface area contributed by atoms with Crippen LogP contribution in [0.1, 0.15) is 35.3 Å². The lowest BCUT2D eigenvalue weighted by Crippen LogP contribution is -2.21. The Morgan fingerprint density at radius 3 is 2.36 bits per heavy atom. The lowest BCUT2D eigenvalue weighted by molar-refractivity contribution is -0.119. The molecule has 25 heavy (non-hydrogen) atoms. The summed E-state index contributed by atoms with van der Waals surface area (Å²) in [7, 11) is 0. The molecule has 0 atom stereocenters. The van der Waals surface area contributed by atoms with Crippen molar-refractivity contribution in [1.82, 2.24) is 0 Å². The molecule has 0 aliphatic rings. The fraction of sp³-hybridized carbons (Fsp3) is 0.300. The van der Waals surface area contributed by atoms with Crippen LogP contribution in [-0.2, 0) is 9.53 Å². The van der Waals surface area contributed by atoms with Crippen LogP contribution in [-0.4, -0.2) is 24.6 Å². The van der Waals surface area contributed by atoms with E-state index in [1.165, 1.54) is 0 Å². The summed E-state index contributed by atoms with van der Waals surface area (Å²) in [5.74, 6) is -0.242. The molecule has 2 aromatic carbocycles. The van der Waals surface area contributed by atoms with E-state index < -0.39 is 5.97 Å². The molecule has 0 aliphatic carbocycles. The van der Waals surface area contributed by atoms with Gasteiger partial charge in [-0.05, 0) is 69.2 Å². The van der Waals surface area contributed by atoms with E-state index in [4.69, 9.17) is 9.47 Å². The molecule has 0 fully saturated rings. The van der Waals surface area contributed by atoms with Crippen molar-refractivity contribution in [3.05, 3.63) is 59.2 Å². The van der Waals surface area contributed by atoms with Gasteiger partial charge >= 0.3 is 5.97 Å². The number of amides is 1. The van der Waals surface area contributed by atoms with E-state index in [0.717, 1.165) is 16.8 Å². The predicted molar refractivity (Wildman–Crippen MR) is 97.0 cm³/mol. The average Bonchev–Trinajstić information content (AvgIpc) is 2.57. The molecule has 0 saturated carbocycles. The number of carbonyl (C=O) groups is 2. The first-order valence-electron chi connectivity index (χ1n) is 8.16. The van der Waals surface area contributed by atoms with Crippen LogP contribution in [0, 0.1) is 13.8 Å². The molecule has 0 unspecified atom stereocenters. The molecule has 0 bridgehead atoms.